The van der Waals surface area contributed by atoms with E-state index < -0.39 is 17.7 Å². The topological polar surface area (TPSA) is 99.1 Å². The zero-order valence-electron chi connectivity index (χ0n) is 25.0. The van der Waals surface area contributed by atoms with Crippen LogP contribution in [0.1, 0.15) is 79.8 Å². The van der Waals surface area contributed by atoms with Crippen molar-refractivity contribution < 1.29 is 28.9 Å². The number of rotatable bonds is 10. The Morgan fingerprint density at radius 1 is 1.12 bits per heavy atom. The Kier molecular flexibility index (Phi) is 9.23. The number of aliphatic hydroxyl groups is 1. The number of ether oxygens (including phenoxy) is 1. The van der Waals surface area contributed by atoms with E-state index >= 15 is 4.39 Å². The van der Waals surface area contributed by atoms with Crippen LogP contribution in [0.4, 0.5) is 10.1 Å². The van der Waals surface area contributed by atoms with Gasteiger partial charge < -0.3 is 25.2 Å². The zero-order chi connectivity index (χ0) is 30.0. The standard InChI is InChI=1S/C34H45FN2O5/c1-21(38)36-25-9-7-22(8-10-25)33(41)37(16-17-42-3)15-5-4-6-23-18-24-19-26(39)11-12-27(24)32-29(35)20-34(2)28(31(23)32)13-14-30(34)40/h7-12,19,23,28-32,39-40H,4-6,13-18,20H2,1-3H3,(H,36,38)/t23?,28?,29?,30?,31?,32?,34-/m0/s1. The molecule has 7 atom stereocenters. The molecule has 0 aliphatic heterocycles. The van der Waals surface area contributed by atoms with Crippen LogP contribution in [0.2, 0.25) is 0 Å². The molecule has 0 bridgehead atoms. The maximum absolute atomic E-state index is 16.0. The molecule has 0 heterocycles. The number of aliphatic hydroxyl groups excluding tert-OH is 1. The molecule has 5 rings (SSSR count). The number of carbonyl (C=O) groups is 2. The molecule has 2 aromatic carbocycles. The number of methoxy groups -OCH3 is 1. The average Bonchev–Trinajstić information content (AvgIpc) is 3.25. The number of aromatic hydroxyl groups is 1. The lowest BCUT2D eigenvalue weighted by Crippen LogP contribution is -2.51. The molecule has 6 unspecified atom stereocenters. The van der Waals surface area contributed by atoms with Crippen LogP contribution in [0.15, 0.2) is 42.5 Å². The summed E-state index contributed by atoms with van der Waals surface area (Å²) in [6, 6.07) is 12.3. The fraction of sp³-hybridized carbons (Fsp3) is 0.588. The number of unbranched alkanes of at least 4 members (excludes halogenated alkanes) is 1. The summed E-state index contributed by atoms with van der Waals surface area (Å²) in [6.07, 6.45) is 3.97. The van der Waals surface area contributed by atoms with Crippen LogP contribution in [-0.2, 0) is 16.0 Å². The van der Waals surface area contributed by atoms with Crippen LogP contribution in [0.5, 0.6) is 5.75 Å². The summed E-state index contributed by atoms with van der Waals surface area (Å²) < 4.78 is 21.3. The van der Waals surface area contributed by atoms with E-state index in [9.17, 15) is 19.8 Å². The predicted molar refractivity (Wildman–Crippen MR) is 160 cm³/mol. The van der Waals surface area contributed by atoms with Crippen molar-refractivity contribution in [1.82, 2.24) is 4.90 Å². The van der Waals surface area contributed by atoms with E-state index in [-0.39, 0.29) is 41.2 Å². The van der Waals surface area contributed by atoms with Crippen molar-refractivity contribution in [2.24, 2.45) is 23.2 Å². The van der Waals surface area contributed by atoms with Gasteiger partial charge in [-0.3, -0.25) is 9.59 Å². The molecule has 0 radical (unpaired) electrons. The number of nitrogens with one attached hydrogen (secondary N) is 1. The van der Waals surface area contributed by atoms with Gasteiger partial charge in [0.2, 0.25) is 5.91 Å². The molecule has 228 valence electrons. The van der Waals surface area contributed by atoms with Gasteiger partial charge in [0.1, 0.15) is 11.9 Å². The number of alkyl halides is 1. The highest BCUT2D eigenvalue weighted by Crippen LogP contribution is 2.63. The van der Waals surface area contributed by atoms with Gasteiger partial charge >= 0.3 is 0 Å². The molecule has 7 nitrogen and oxygen atoms in total. The monoisotopic (exact) mass is 580 g/mol. The highest BCUT2D eigenvalue weighted by Gasteiger charge is 2.59. The van der Waals surface area contributed by atoms with Crippen molar-refractivity contribution in [1.29, 1.82) is 0 Å². The Bertz CT molecular complexity index is 1270. The fourth-order valence-corrected chi connectivity index (χ4v) is 8.34. The van der Waals surface area contributed by atoms with Crippen LogP contribution in [0.3, 0.4) is 0 Å². The average molecular weight is 581 g/mol. The van der Waals surface area contributed by atoms with Gasteiger partial charge in [0, 0.05) is 44.3 Å². The first-order valence-corrected chi connectivity index (χ1v) is 15.4. The number of hydrogen-bond acceptors (Lipinski definition) is 5. The number of amides is 2. The maximum atomic E-state index is 16.0. The number of benzene rings is 2. The number of nitrogens with zero attached hydrogens (tertiary/aromatic N) is 1. The third-order valence-corrected chi connectivity index (χ3v) is 10.3. The molecule has 42 heavy (non-hydrogen) atoms. The van der Waals surface area contributed by atoms with E-state index in [2.05, 4.69) is 12.2 Å². The van der Waals surface area contributed by atoms with Crippen LogP contribution in [-0.4, -0.2) is 66.0 Å². The molecule has 2 aromatic rings. The Labute approximate surface area is 248 Å². The number of phenols is 1. The molecule has 3 N–H and O–H groups in total. The molecule has 2 fully saturated rings. The second kappa shape index (κ2) is 12.7. The lowest BCUT2D eigenvalue weighted by atomic mass is 9.51. The first-order chi connectivity index (χ1) is 20.1. The Morgan fingerprint density at radius 2 is 1.88 bits per heavy atom. The third kappa shape index (κ3) is 6.06. The molecule has 2 saturated carbocycles. The van der Waals surface area contributed by atoms with Crippen LogP contribution in [0, 0.1) is 23.2 Å². The van der Waals surface area contributed by atoms with Gasteiger partial charge in [-0.05, 0) is 109 Å². The molecular weight excluding hydrogens is 535 g/mol. The summed E-state index contributed by atoms with van der Waals surface area (Å²) >= 11 is 0. The van der Waals surface area contributed by atoms with Gasteiger partial charge in [-0.1, -0.05) is 19.4 Å². The number of halogens is 1. The molecule has 0 aromatic heterocycles. The number of hydrogen-bond donors (Lipinski definition) is 3. The third-order valence-electron chi connectivity index (χ3n) is 10.3. The zero-order valence-corrected chi connectivity index (χ0v) is 25.0. The van der Waals surface area contributed by atoms with Gasteiger partial charge in [-0.2, -0.15) is 0 Å². The quantitative estimate of drug-likeness (QED) is 0.313. The number of phenolic OH excluding ortho intramolecular Hbond substituents is 1. The second-order valence-corrected chi connectivity index (χ2v) is 12.9. The summed E-state index contributed by atoms with van der Waals surface area (Å²) in [5.74, 6) is 0.453. The fourth-order valence-electron chi connectivity index (χ4n) is 8.34. The van der Waals surface area contributed by atoms with Crippen molar-refractivity contribution in [3.63, 3.8) is 0 Å². The first-order valence-electron chi connectivity index (χ1n) is 15.4. The van der Waals surface area contributed by atoms with E-state index in [1.54, 1.807) is 37.4 Å². The summed E-state index contributed by atoms with van der Waals surface area (Å²) in [6.45, 7) is 5.03. The molecular formula is C34H45FN2O5. The minimum absolute atomic E-state index is 0.0770. The summed E-state index contributed by atoms with van der Waals surface area (Å²) in [5.41, 5.74) is 2.89. The van der Waals surface area contributed by atoms with Crippen LogP contribution in [0.25, 0.3) is 0 Å². The van der Waals surface area contributed by atoms with E-state index in [0.717, 1.165) is 49.7 Å². The second-order valence-electron chi connectivity index (χ2n) is 12.9. The smallest absolute Gasteiger partial charge is 0.253 e. The van der Waals surface area contributed by atoms with E-state index in [1.807, 2.05) is 17.0 Å². The summed E-state index contributed by atoms with van der Waals surface area (Å²) in [5, 5.41) is 23.8. The van der Waals surface area contributed by atoms with Gasteiger partial charge in [-0.25, -0.2) is 4.39 Å². The Morgan fingerprint density at radius 3 is 2.60 bits per heavy atom. The lowest BCUT2D eigenvalue weighted by Gasteiger charge is -2.54. The minimum atomic E-state index is -1.02. The van der Waals surface area contributed by atoms with Crippen molar-refractivity contribution in [2.75, 3.05) is 32.1 Å². The predicted octanol–water partition coefficient (Wildman–Crippen LogP) is 5.70. The molecule has 0 saturated heterocycles. The minimum Gasteiger partial charge on any atom is -0.508 e. The highest BCUT2D eigenvalue weighted by molar-refractivity contribution is 5.95. The van der Waals surface area contributed by atoms with Crippen molar-refractivity contribution in [2.45, 2.75) is 77.0 Å². The molecule has 3 aliphatic carbocycles. The van der Waals surface area contributed by atoms with Crippen molar-refractivity contribution in [3.05, 3.63) is 59.2 Å². The van der Waals surface area contributed by atoms with Crippen molar-refractivity contribution in [3.8, 4) is 5.75 Å². The van der Waals surface area contributed by atoms with E-state index in [4.69, 9.17) is 4.74 Å². The van der Waals surface area contributed by atoms with E-state index in [0.29, 0.717) is 37.4 Å². The van der Waals surface area contributed by atoms with Crippen LogP contribution >= 0.6 is 0 Å². The molecule has 0 spiro atoms. The molecule has 3 aliphatic rings. The Hall–Kier alpha value is -2.97. The van der Waals surface area contributed by atoms with Gasteiger partial charge in [0.15, 0.2) is 0 Å². The van der Waals surface area contributed by atoms with Crippen molar-refractivity contribution >= 4 is 17.5 Å². The SMILES string of the molecule is COCCN(CCCCC1Cc2cc(O)ccc2C2C(F)C[C@]3(C)C(O)CCC3C12)C(=O)c1ccc(NC(C)=O)cc1. The van der Waals surface area contributed by atoms with E-state index in [1.165, 1.54) is 6.92 Å². The molecule has 8 heteroatoms. The highest BCUT2D eigenvalue weighted by atomic mass is 19.1. The first kappa shape index (κ1) is 30.5. The number of fused-ring (bicyclic) bond motifs is 5. The van der Waals surface area contributed by atoms with Gasteiger partial charge in [-0.15, -0.1) is 0 Å². The van der Waals surface area contributed by atoms with Gasteiger partial charge in [0.25, 0.3) is 5.91 Å². The Balaban J connectivity index is 1.28. The van der Waals surface area contributed by atoms with Crippen LogP contribution < -0.4 is 5.32 Å². The lowest BCUT2D eigenvalue weighted by molar-refractivity contribution is -0.114. The maximum Gasteiger partial charge on any atom is 0.253 e. The largest absolute Gasteiger partial charge is 0.508 e. The summed E-state index contributed by atoms with van der Waals surface area (Å²) in [4.78, 5) is 26.5. The van der Waals surface area contributed by atoms with Gasteiger partial charge in [0.05, 0.1) is 12.7 Å². The summed E-state index contributed by atoms with van der Waals surface area (Å²) in [7, 11) is 1.62. The molecule has 2 amide bonds. The number of carbonyl (C=O) groups excluding carboxylic acids is 2. The number of anilines is 1. The normalized spacial score (nSPS) is 29.7.